The zero-order valence-corrected chi connectivity index (χ0v) is 7.92. The monoisotopic (exact) mass is 173 g/mol. The Hall–Kier alpha value is -0.120. The lowest BCUT2D eigenvalue weighted by Crippen LogP contribution is -2.45. The molecule has 0 saturated carbocycles. The number of aliphatic hydroxyl groups excluding tert-OH is 1. The van der Waals surface area contributed by atoms with Crippen molar-refractivity contribution in [3.05, 3.63) is 0 Å². The Morgan fingerprint density at radius 3 is 2.75 bits per heavy atom. The van der Waals surface area contributed by atoms with Gasteiger partial charge in [-0.15, -0.1) is 0 Å². The lowest BCUT2D eigenvalue weighted by Gasteiger charge is -2.35. The van der Waals surface area contributed by atoms with Gasteiger partial charge in [0.2, 0.25) is 0 Å². The van der Waals surface area contributed by atoms with E-state index in [-0.39, 0.29) is 24.2 Å². The molecule has 1 fully saturated rings. The van der Waals surface area contributed by atoms with Crippen LogP contribution in [-0.2, 0) is 4.74 Å². The van der Waals surface area contributed by atoms with Gasteiger partial charge in [-0.2, -0.15) is 0 Å². The van der Waals surface area contributed by atoms with E-state index in [2.05, 4.69) is 0 Å². The quantitative estimate of drug-likeness (QED) is 0.654. The molecule has 0 radical (unpaired) electrons. The number of aliphatic hydroxyl groups is 1. The largest absolute Gasteiger partial charge is 0.396 e. The summed E-state index contributed by atoms with van der Waals surface area (Å²) in [7, 11) is 0. The Balaban J connectivity index is 2.70. The van der Waals surface area contributed by atoms with Crippen LogP contribution in [-0.4, -0.2) is 30.5 Å². The predicted octanol–water partition coefficient (Wildman–Crippen LogP) is 0.511. The summed E-state index contributed by atoms with van der Waals surface area (Å²) in [5, 5.41) is 8.95. The summed E-state index contributed by atoms with van der Waals surface area (Å²) in [6.07, 6.45) is 1.92. The molecule has 12 heavy (non-hydrogen) atoms. The molecule has 0 aromatic rings. The number of hydrogen-bond acceptors (Lipinski definition) is 3. The third-order valence-corrected chi connectivity index (χ3v) is 3.23. The topological polar surface area (TPSA) is 55.5 Å². The van der Waals surface area contributed by atoms with Crippen LogP contribution in [0.15, 0.2) is 0 Å². The first-order chi connectivity index (χ1) is 5.63. The lowest BCUT2D eigenvalue weighted by molar-refractivity contribution is 0.0365. The predicted molar refractivity (Wildman–Crippen MR) is 47.8 cm³/mol. The van der Waals surface area contributed by atoms with Gasteiger partial charge >= 0.3 is 0 Å². The van der Waals surface area contributed by atoms with Crippen LogP contribution >= 0.6 is 0 Å². The fourth-order valence-electron chi connectivity index (χ4n) is 2.16. The summed E-state index contributed by atoms with van der Waals surface area (Å²) in [5.41, 5.74) is 5.93. The van der Waals surface area contributed by atoms with E-state index in [1.165, 1.54) is 0 Å². The molecule has 3 atom stereocenters. The first-order valence-electron chi connectivity index (χ1n) is 4.61. The number of nitrogens with two attached hydrogens (primary N) is 1. The number of rotatable bonds is 3. The van der Waals surface area contributed by atoms with E-state index in [9.17, 15) is 0 Å². The molecular formula is C9H19NO2. The van der Waals surface area contributed by atoms with Crippen molar-refractivity contribution >= 4 is 0 Å². The molecule has 3 unspecified atom stereocenters. The molecule has 3 N–H and O–H groups in total. The summed E-state index contributed by atoms with van der Waals surface area (Å²) in [4.78, 5) is 0. The van der Waals surface area contributed by atoms with Crippen LogP contribution in [0.25, 0.3) is 0 Å². The molecule has 0 spiro atoms. The number of hydrogen-bond donors (Lipinski definition) is 2. The summed E-state index contributed by atoms with van der Waals surface area (Å²) < 4.78 is 5.49. The Morgan fingerprint density at radius 1 is 1.75 bits per heavy atom. The van der Waals surface area contributed by atoms with Crippen molar-refractivity contribution in [1.29, 1.82) is 0 Å². The molecule has 1 aliphatic heterocycles. The van der Waals surface area contributed by atoms with Crippen LogP contribution in [0.2, 0.25) is 0 Å². The Kier molecular flexibility index (Phi) is 3.09. The van der Waals surface area contributed by atoms with Gasteiger partial charge in [0.05, 0.1) is 6.10 Å². The molecule has 1 saturated heterocycles. The maximum atomic E-state index is 8.95. The van der Waals surface area contributed by atoms with E-state index < -0.39 is 0 Å². The summed E-state index contributed by atoms with van der Waals surface area (Å²) in [5.74, 6) is 0. The first kappa shape index (κ1) is 9.96. The van der Waals surface area contributed by atoms with E-state index in [0.717, 1.165) is 19.4 Å². The van der Waals surface area contributed by atoms with Gasteiger partial charge < -0.3 is 15.6 Å². The SMILES string of the molecule is CC(N)C1(CCO)CCOC1C. The number of ether oxygens (including phenoxy) is 1. The van der Waals surface area contributed by atoms with Crippen molar-refractivity contribution < 1.29 is 9.84 Å². The molecule has 0 aromatic carbocycles. The molecule has 0 amide bonds. The molecule has 3 heteroatoms. The van der Waals surface area contributed by atoms with Crippen molar-refractivity contribution in [3.63, 3.8) is 0 Å². The molecule has 0 aliphatic carbocycles. The van der Waals surface area contributed by atoms with Gasteiger partial charge in [0.25, 0.3) is 0 Å². The molecule has 3 nitrogen and oxygen atoms in total. The smallest absolute Gasteiger partial charge is 0.0619 e. The van der Waals surface area contributed by atoms with E-state index in [1.54, 1.807) is 0 Å². The maximum Gasteiger partial charge on any atom is 0.0619 e. The van der Waals surface area contributed by atoms with E-state index in [4.69, 9.17) is 15.6 Å². The zero-order chi connectivity index (χ0) is 9.19. The minimum absolute atomic E-state index is 0.00868. The van der Waals surface area contributed by atoms with Crippen molar-refractivity contribution in [3.8, 4) is 0 Å². The standard InChI is InChI=1S/C9H19NO2/c1-7(10)9(3-5-11)4-6-12-8(9)2/h7-8,11H,3-6,10H2,1-2H3. The van der Waals surface area contributed by atoms with Gasteiger partial charge in [0.15, 0.2) is 0 Å². The third-order valence-electron chi connectivity index (χ3n) is 3.23. The maximum absolute atomic E-state index is 8.95. The van der Waals surface area contributed by atoms with Gasteiger partial charge in [0.1, 0.15) is 0 Å². The Morgan fingerprint density at radius 2 is 2.42 bits per heavy atom. The van der Waals surface area contributed by atoms with Crippen LogP contribution in [0.4, 0.5) is 0 Å². The van der Waals surface area contributed by atoms with E-state index in [1.807, 2.05) is 13.8 Å². The Labute approximate surface area is 73.9 Å². The molecule has 1 heterocycles. The van der Waals surface area contributed by atoms with Gasteiger partial charge in [-0.05, 0) is 26.7 Å². The highest BCUT2D eigenvalue weighted by atomic mass is 16.5. The highest BCUT2D eigenvalue weighted by molar-refractivity contribution is 4.95. The van der Waals surface area contributed by atoms with Crippen LogP contribution in [0, 0.1) is 5.41 Å². The van der Waals surface area contributed by atoms with Gasteiger partial charge in [-0.1, -0.05) is 0 Å². The van der Waals surface area contributed by atoms with Gasteiger partial charge in [0, 0.05) is 24.7 Å². The van der Waals surface area contributed by atoms with Crippen molar-refractivity contribution in [1.82, 2.24) is 0 Å². The second-order valence-electron chi connectivity index (χ2n) is 3.76. The summed E-state index contributed by atoms with van der Waals surface area (Å²) in [6.45, 7) is 5.03. The van der Waals surface area contributed by atoms with Crippen LogP contribution in [0.3, 0.4) is 0 Å². The average molecular weight is 173 g/mol. The lowest BCUT2D eigenvalue weighted by atomic mass is 9.73. The molecule has 0 aromatic heterocycles. The van der Waals surface area contributed by atoms with E-state index in [0.29, 0.717) is 0 Å². The highest BCUT2D eigenvalue weighted by Gasteiger charge is 2.43. The van der Waals surface area contributed by atoms with Crippen LogP contribution in [0.5, 0.6) is 0 Å². The van der Waals surface area contributed by atoms with Crippen molar-refractivity contribution in [2.24, 2.45) is 11.1 Å². The summed E-state index contributed by atoms with van der Waals surface area (Å²) >= 11 is 0. The van der Waals surface area contributed by atoms with Crippen LogP contribution in [0.1, 0.15) is 26.7 Å². The fraction of sp³-hybridized carbons (Fsp3) is 1.00. The molecular weight excluding hydrogens is 154 g/mol. The third kappa shape index (κ3) is 1.49. The molecule has 1 rings (SSSR count). The highest BCUT2D eigenvalue weighted by Crippen LogP contribution is 2.40. The first-order valence-corrected chi connectivity index (χ1v) is 4.61. The van der Waals surface area contributed by atoms with Crippen molar-refractivity contribution in [2.45, 2.75) is 38.8 Å². The minimum atomic E-state index is 0.00868. The minimum Gasteiger partial charge on any atom is -0.396 e. The van der Waals surface area contributed by atoms with E-state index >= 15 is 0 Å². The Bertz CT molecular complexity index is 149. The second kappa shape index (κ2) is 3.73. The van der Waals surface area contributed by atoms with Gasteiger partial charge in [-0.3, -0.25) is 0 Å². The van der Waals surface area contributed by atoms with Crippen LogP contribution < -0.4 is 5.73 Å². The molecule has 0 bridgehead atoms. The fourth-order valence-corrected chi connectivity index (χ4v) is 2.16. The second-order valence-corrected chi connectivity index (χ2v) is 3.76. The molecule has 72 valence electrons. The normalized spacial score (nSPS) is 38.5. The average Bonchev–Trinajstić information content (AvgIpc) is 2.34. The zero-order valence-electron chi connectivity index (χ0n) is 7.92. The molecule has 1 aliphatic rings. The summed E-state index contributed by atoms with van der Waals surface area (Å²) in [6, 6.07) is 0.0992. The van der Waals surface area contributed by atoms with Crippen molar-refractivity contribution in [2.75, 3.05) is 13.2 Å². The van der Waals surface area contributed by atoms with Gasteiger partial charge in [-0.25, -0.2) is 0 Å².